The highest BCUT2D eigenvalue weighted by molar-refractivity contribution is 7.99. The number of hydrogen-bond donors (Lipinski definition) is 1. The molecule has 0 spiro atoms. The fourth-order valence-electron chi connectivity index (χ4n) is 2.41. The number of esters is 1. The third kappa shape index (κ3) is 4.98. The first-order valence-electron chi connectivity index (χ1n) is 8.63. The predicted molar refractivity (Wildman–Crippen MR) is 107 cm³/mol. The van der Waals surface area contributed by atoms with Gasteiger partial charge in [-0.1, -0.05) is 54.2 Å². The number of nitrogens with one attached hydrogen (secondary N) is 1. The van der Waals surface area contributed by atoms with Gasteiger partial charge in [0.15, 0.2) is 6.10 Å². The van der Waals surface area contributed by atoms with Crippen LogP contribution in [-0.2, 0) is 9.53 Å². The van der Waals surface area contributed by atoms with E-state index in [0.29, 0.717) is 5.69 Å². The van der Waals surface area contributed by atoms with Crippen LogP contribution < -0.4 is 5.32 Å². The van der Waals surface area contributed by atoms with Crippen molar-refractivity contribution < 1.29 is 18.7 Å². The quantitative estimate of drug-likeness (QED) is 0.586. The molecule has 0 heterocycles. The Kier molecular flexibility index (Phi) is 6.45. The molecule has 0 aliphatic heterocycles. The zero-order chi connectivity index (χ0) is 19.9. The van der Waals surface area contributed by atoms with Crippen LogP contribution in [0.4, 0.5) is 10.1 Å². The monoisotopic (exact) mass is 395 g/mol. The average Bonchev–Trinajstić information content (AvgIpc) is 2.70. The minimum Gasteiger partial charge on any atom is -0.449 e. The van der Waals surface area contributed by atoms with Gasteiger partial charge in [0.2, 0.25) is 0 Å². The summed E-state index contributed by atoms with van der Waals surface area (Å²) in [5.74, 6) is -2.07. The molecule has 0 aromatic heterocycles. The first-order valence-corrected chi connectivity index (χ1v) is 9.44. The number of carbonyl (C=O) groups is 2. The molecule has 1 N–H and O–H groups in total. The van der Waals surface area contributed by atoms with Crippen LogP contribution in [0.5, 0.6) is 0 Å². The number of halogens is 1. The Morgan fingerprint density at radius 3 is 2.32 bits per heavy atom. The molecule has 28 heavy (non-hydrogen) atoms. The van der Waals surface area contributed by atoms with Crippen molar-refractivity contribution in [3.8, 4) is 0 Å². The standard InChI is InChI=1S/C22H18FNO3S/c1-15(27-22(26)17-11-5-6-12-18(17)23)21(25)24-19-13-7-8-14-20(19)28-16-9-3-2-4-10-16/h2-15H,1H3,(H,24,25)/t15-/m0/s1. The van der Waals surface area contributed by atoms with Crippen LogP contribution in [0.2, 0.25) is 0 Å². The summed E-state index contributed by atoms with van der Waals surface area (Å²) in [5, 5.41) is 2.77. The molecule has 1 atom stereocenters. The molecule has 0 saturated carbocycles. The summed E-state index contributed by atoms with van der Waals surface area (Å²) in [7, 11) is 0. The van der Waals surface area contributed by atoms with Crippen molar-refractivity contribution in [2.24, 2.45) is 0 Å². The second kappa shape index (κ2) is 9.19. The van der Waals surface area contributed by atoms with E-state index in [1.165, 1.54) is 43.0 Å². The van der Waals surface area contributed by atoms with E-state index in [2.05, 4.69) is 5.32 Å². The predicted octanol–water partition coefficient (Wildman–Crippen LogP) is 5.16. The fourth-order valence-corrected chi connectivity index (χ4v) is 3.34. The Bertz CT molecular complexity index is 978. The third-order valence-corrected chi connectivity index (χ3v) is 4.95. The van der Waals surface area contributed by atoms with Crippen molar-refractivity contribution in [2.75, 3.05) is 5.32 Å². The van der Waals surface area contributed by atoms with Crippen LogP contribution in [0.1, 0.15) is 17.3 Å². The fraction of sp³-hybridized carbons (Fsp3) is 0.0909. The molecule has 142 valence electrons. The zero-order valence-corrected chi connectivity index (χ0v) is 15.9. The molecule has 0 aliphatic carbocycles. The maximum Gasteiger partial charge on any atom is 0.341 e. The normalized spacial score (nSPS) is 11.5. The van der Waals surface area contributed by atoms with Crippen molar-refractivity contribution in [3.05, 3.63) is 90.2 Å². The number of ether oxygens (including phenoxy) is 1. The second-order valence-corrected chi connectivity index (χ2v) is 7.04. The highest BCUT2D eigenvalue weighted by Crippen LogP contribution is 2.33. The lowest BCUT2D eigenvalue weighted by atomic mass is 10.2. The number of amides is 1. The molecule has 0 unspecified atom stereocenters. The van der Waals surface area contributed by atoms with Crippen LogP contribution in [-0.4, -0.2) is 18.0 Å². The van der Waals surface area contributed by atoms with E-state index < -0.39 is 23.8 Å². The third-order valence-electron chi connectivity index (χ3n) is 3.86. The number of benzene rings is 3. The summed E-state index contributed by atoms with van der Waals surface area (Å²) in [6, 6.07) is 22.6. The van der Waals surface area contributed by atoms with Crippen molar-refractivity contribution in [3.63, 3.8) is 0 Å². The first-order chi connectivity index (χ1) is 13.5. The zero-order valence-electron chi connectivity index (χ0n) is 15.1. The van der Waals surface area contributed by atoms with Crippen LogP contribution in [0.25, 0.3) is 0 Å². The molecule has 3 aromatic rings. The lowest BCUT2D eigenvalue weighted by molar-refractivity contribution is -0.123. The molecule has 6 heteroatoms. The largest absolute Gasteiger partial charge is 0.449 e. The molecular weight excluding hydrogens is 377 g/mol. The van der Waals surface area contributed by atoms with Crippen molar-refractivity contribution in [1.29, 1.82) is 0 Å². The van der Waals surface area contributed by atoms with Crippen molar-refractivity contribution in [2.45, 2.75) is 22.8 Å². The highest BCUT2D eigenvalue weighted by atomic mass is 32.2. The van der Waals surface area contributed by atoms with Gasteiger partial charge in [0.1, 0.15) is 5.82 Å². The lowest BCUT2D eigenvalue weighted by Crippen LogP contribution is -2.30. The van der Waals surface area contributed by atoms with Gasteiger partial charge in [-0.25, -0.2) is 9.18 Å². The molecule has 0 radical (unpaired) electrons. The highest BCUT2D eigenvalue weighted by Gasteiger charge is 2.21. The average molecular weight is 395 g/mol. The Labute approximate surface area is 166 Å². The van der Waals surface area contributed by atoms with E-state index in [0.717, 1.165) is 9.79 Å². The lowest BCUT2D eigenvalue weighted by Gasteiger charge is -2.15. The molecule has 3 aromatic carbocycles. The van der Waals surface area contributed by atoms with E-state index in [-0.39, 0.29) is 5.56 Å². The minimum atomic E-state index is -1.08. The summed E-state index contributed by atoms with van der Waals surface area (Å²) in [4.78, 5) is 26.5. The van der Waals surface area contributed by atoms with Gasteiger partial charge in [-0.15, -0.1) is 0 Å². The van der Waals surface area contributed by atoms with Gasteiger partial charge in [-0.3, -0.25) is 4.79 Å². The number of rotatable bonds is 6. The second-order valence-electron chi connectivity index (χ2n) is 5.93. The molecule has 3 rings (SSSR count). The Morgan fingerprint density at radius 2 is 1.57 bits per heavy atom. The molecule has 0 saturated heterocycles. The maximum atomic E-state index is 13.7. The van der Waals surface area contributed by atoms with Gasteiger partial charge < -0.3 is 10.1 Å². The Balaban J connectivity index is 1.67. The molecule has 0 fully saturated rings. The molecular formula is C22H18FNO3S. The van der Waals surface area contributed by atoms with E-state index >= 15 is 0 Å². The van der Waals surface area contributed by atoms with Crippen LogP contribution in [0.15, 0.2) is 88.7 Å². The van der Waals surface area contributed by atoms with E-state index in [1.807, 2.05) is 42.5 Å². The number of hydrogen-bond acceptors (Lipinski definition) is 4. The van der Waals surface area contributed by atoms with Gasteiger partial charge in [0.05, 0.1) is 11.3 Å². The van der Waals surface area contributed by atoms with Gasteiger partial charge in [-0.05, 0) is 43.3 Å². The molecule has 0 bridgehead atoms. The summed E-state index contributed by atoms with van der Waals surface area (Å²) in [6.07, 6.45) is -1.08. The van der Waals surface area contributed by atoms with Crippen LogP contribution >= 0.6 is 11.8 Å². The Morgan fingerprint density at radius 1 is 0.929 bits per heavy atom. The smallest absolute Gasteiger partial charge is 0.341 e. The van der Waals surface area contributed by atoms with Crippen molar-refractivity contribution >= 4 is 29.3 Å². The maximum absolute atomic E-state index is 13.7. The van der Waals surface area contributed by atoms with Gasteiger partial charge in [0.25, 0.3) is 5.91 Å². The Hall–Kier alpha value is -3.12. The van der Waals surface area contributed by atoms with E-state index in [9.17, 15) is 14.0 Å². The molecule has 1 amide bonds. The SMILES string of the molecule is C[C@H](OC(=O)c1ccccc1F)C(=O)Nc1ccccc1Sc1ccccc1. The molecule has 4 nitrogen and oxygen atoms in total. The summed E-state index contributed by atoms with van der Waals surface area (Å²) < 4.78 is 18.8. The first kappa shape index (κ1) is 19.6. The van der Waals surface area contributed by atoms with Crippen LogP contribution in [0, 0.1) is 5.82 Å². The summed E-state index contributed by atoms with van der Waals surface area (Å²) in [6.45, 7) is 1.45. The van der Waals surface area contributed by atoms with Gasteiger partial charge >= 0.3 is 5.97 Å². The number of para-hydroxylation sites is 1. The van der Waals surface area contributed by atoms with E-state index in [1.54, 1.807) is 12.1 Å². The topological polar surface area (TPSA) is 55.4 Å². The molecule has 0 aliphatic rings. The summed E-state index contributed by atoms with van der Waals surface area (Å²) >= 11 is 1.51. The van der Waals surface area contributed by atoms with Gasteiger partial charge in [-0.2, -0.15) is 0 Å². The van der Waals surface area contributed by atoms with Gasteiger partial charge in [0, 0.05) is 9.79 Å². The van der Waals surface area contributed by atoms with Crippen molar-refractivity contribution in [1.82, 2.24) is 0 Å². The summed E-state index contributed by atoms with van der Waals surface area (Å²) in [5.41, 5.74) is 0.400. The minimum absolute atomic E-state index is 0.206. The van der Waals surface area contributed by atoms with E-state index in [4.69, 9.17) is 4.74 Å². The van der Waals surface area contributed by atoms with Crippen LogP contribution in [0.3, 0.4) is 0 Å². The number of carbonyl (C=O) groups excluding carboxylic acids is 2. The number of anilines is 1.